The predicted molar refractivity (Wildman–Crippen MR) is 111 cm³/mol. The van der Waals surface area contributed by atoms with Crippen LogP contribution in [0, 0.1) is 0 Å². The summed E-state index contributed by atoms with van der Waals surface area (Å²) in [7, 11) is 1.55. The van der Waals surface area contributed by atoms with Crippen LogP contribution in [-0.4, -0.2) is 36.7 Å². The molecule has 1 N–H and O–H groups in total. The second-order valence-corrected chi connectivity index (χ2v) is 6.36. The van der Waals surface area contributed by atoms with Gasteiger partial charge in [0.2, 0.25) is 0 Å². The van der Waals surface area contributed by atoms with Crippen molar-refractivity contribution in [1.82, 2.24) is 4.98 Å². The van der Waals surface area contributed by atoms with Gasteiger partial charge >= 0.3 is 5.97 Å². The van der Waals surface area contributed by atoms with Gasteiger partial charge in [0, 0.05) is 12.3 Å². The fourth-order valence-electron chi connectivity index (χ4n) is 2.26. The highest BCUT2D eigenvalue weighted by Gasteiger charge is 2.18. The second-order valence-electron chi connectivity index (χ2n) is 6.00. The number of nitrogens with one attached hydrogen (secondary N) is 1. The summed E-state index contributed by atoms with van der Waals surface area (Å²) in [5.74, 6) is 0.0273. The minimum atomic E-state index is -1.01. The van der Waals surface area contributed by atoms with E-state index in [4.69, 9.17) is 25.8 Å². The Morgan fingerprint density at radius 1 is 1.28 bits per heavy atom. The van der Waals surface area contributed by atoms with Crippen LogP contribution in [0.15, 0.2) is 42.6 Å². The zero-order valence-electron chi connectivity index (χ0n) is 16.5. The number of nitrogens with zero attached hydrogens (tertiary/aromatic N) is 1. The number of rotatable bonds is 9. The lowest BCUT2D eigenvalue weighted by Gasteiger charge is -2.13. The molecule has 0 radical (unpaired) electrons. The van der Waals surface area contributed by atoms with Gasteiger partial charge in [0.1, 0.15) is 0 Å². The molecule has 1 aromatic carbocycles. The fourth-order valence-corrected chi connectivity index (χ4v) is 2.43. The molecule has 0 saturated carbocycles. The Bertz CT molecular complexity index is 885. The number of ether oxygens (including phenoxy) is 3. The fraction of sp³-hybridized carbons (Fsp3) is 0.286. The van der Waals surface area contributed by atoms with E-state index in [0.29, 0.717) is 23.8 Å². The van der Waals surface area contributed by atoms with Crippen molar-refractivity contribution in [3.8, 4) is 11.5 Å². The summed E-state index contributed by atoms with van der Waals surface area (Å²) in [5, 5.41) is 2.71. The third-order valence-corrected chi connectivity index (χ3v) is 4.04. The zero-order chi connectivity index (χ0) is 21.2. The van der Waals surface area contributed by atoms with Gasteiger partial charge < -0.3 is 19.5 Å². The van der Waals surface area contributed by atoms with E-state index < -0.39 is 18.0 Å². The molecule has 0 spiro atoms. The highest BCUT2D eigenvalue weighted by atomic mass is 35.5. The van der Waals surface area contributed by atoms with Crippen LogP contribution in [0.3, 0.4) is 0 Å². The number of esters is 1. The van der Waals surface area contributed by atoms with Crippen LogP contribution in [0.25, 0.3) is 6.08 Å². The van der Waals surface area contributed by atoms with Gasteiger partial charge in [0.15, 0.2) is 22.8 Å². The number of halogens is 1. The molecule has 0 bridgehead atoms. The van der Waals surface area contributed by atoms with Crippen LogP contribution >= 0.6 is 11.6 Å². The van der Waals surface area contributed by atoms with Crippen LogP contribution < -0.4 is 14.8 Å². The first-order valence-corrected chi connectivity index (χ1v) is 9.43. The Hall–Kier alpha value is -3.06. The van der Waals surface area contributed by atoms with E-state index in [1.807, 2.05) is 6.92 Å². The lowest BCUT2D eigenvalue weighted by atomic mass is 10.2. The van der Waals surface area contributed by atoms with Gasteiger partial charge in [-0.2, -0.15) is 0 Å². The number of carbonyl (C=O) groups is 2. The molecule has 0 aliphatic carbocycles. The van der Waals surface area contributed by atoms with Crippen LogP contribution in [0.2, 0.25) is 5.15 Å². The van der Waals surface area contributed by atoms with Crippen molar-refractivity contribution >= 4 is 35.2 Å². The molecule has 0 aliphatic rings. The predicted octanol–water partition coefficient (Wildman–Crippen LogP) is 4.12. The minimum Gasteiger partial charge on any atom is -0.493 e. The van der Waals surface area contributed by atoms with E-state index in [2.05, 4.69) is 10.3 Å². The molecular weight excluding hydrogens is 396 g/mol. The Balaban J connectivity index is 1.94. The molecular formula is C21H23ClN2O5. The van der Waals surface area contributed by atoms with Crippen molar-refractivity contribution in [2.75, 3.05) is 19.0 Å². The number of hydrogen-bond donors (Lipinski definition) is 1. The topological polar surface area (TPSA) is 86.8 Å². The summed E-state index contributed by atoms with van der Waals surface area (Å²) in [6, 6.07) is 8.54. The molecule has 2 aromatic rings. The van der Waals surface area contributed by atoms with Crippen molar-refractivity contribution < 1.29 is 23.8 Å². The highest BCUT2D eigenvalue weighted by molar-refractivity contribution is 6.32. The number of methoxy groups -OCH3 is 1. The summed E-state index contributed by atoms with van der Waals surface area (Å²) in [4.78, 5) is 28.0. The summed E-state index contributed by atoms with van der Waals surface area (Å²) in [5.41, 5.74) is 1.07. The first kappa shape index (κ1) is 22.2. The van der Waals surface area contributed by atoms with Crippen LogP contribution in [0.4, 0.5) is 5.69 Å². The Morgan fingerprint density at radius 2 is 2.07 bits per heavy atom. The third kappa shape index (κ3) is 6.80. The Kier molecular flexibility index (Phi) is 8.48. The number of hydrogen-bond acceptors (Lipinski definition) is 6. The molecule has 0 saturated heterocycles. The standard InChI is InChI=1S/C21H23ClN2O5/c1-4-12-28-17-9-7-15(13-18(17)27-3)8-10-19(25)29-14(2)21(26)24-16-6-5-11-23-20(16)22/h5-11,13-14H,4,12H2,1-3H3,(H,24,26)/b10-8+/t14-/m0/s1. The van der Waals surface area contributed by atoms with E-state index in [1.165, 1.54) is 19.2 Å². The number of benzene rings is 1. The number of aromatic nitrogens is 1. The molecule has 7 nitrogen and oxygen atoms in total. The Labute approximate surface area is 174 Å². The molecule has 154 valence electrons. The Morgan fingerprint density at radius 3 is 2.76 bits per heavy atom. The van der Waals surface area contributed by atoms with Crippen LogP contribution in [-0.2, 0) is 14.3 Å². The van der Waals surface area contributed by atoms with Crippen molar-refractivity contribution in [3.05, 3.63) is 53.3 Å². The first-order chi connectivity index (χ1) is 13.9. The van der Waals surface area contributed by atoms with Crippen molar-refractivity contribution in [3.63, 3.8) is 0 Å². The lowest BCUT2D eigenvalue weighted by molar-refractivity contribution is -0.148. The largest absolute Gasteiger partial charge is 0.493 e. The molecule has 8 heteroatoms. The van der Waals surface area contributed by atoms with Gasteiger partial charge in [0.05, 0.1) is 19.4 Å². The first-order valence-electron chi connectivity index (χ1n) is 9.05. The molecule has 0 unspecified atom stereocenters. The summed E-state index contributed by atoms with van der Waals surface area (Å²) >= 11 is 5.90. The average Bonchev–Trinajstić information content (AvgIpc) is 2.72. The van der Waals surface area contributed by atoms with Gasteiger partial charge in [0.25, 0.3) is 5.91 Å². The third-order valence-electron chi connectivity index (χ3n) is 3.74. The van der Waals surface area contributed by atoms with Crippen molar-refractivity contribution in [2.45, 2.75) is 26.4 Å². The minimum absolute atomic E-state index is 0.152. The van der Waals surface area contributed by atoms with Crippen molar-refractivity contribution in [2.24, 2.45) is 0 Å². The van der Waals surface area contributed by atoms with E-state index >= 15 is 0 Å². The highest BCUT2D eigenvalue weighted by Crippen LogP contribution is 2.28. The maximum absolute atomic E-state index is 12.2. The van der Waals surface area contributed by atoms with Gasteiger partial charge in [-0.1, -0.05) is 24.6 Å². The van der Waals surface area contributed by atoms with E-state index in [-0.39, 0.29) is 5.15 Å². The van der Waals surface area contributed by atoms with E-state index in [9.17, 15) is 9.59 Å². The number of anilines is 1. The van der Waals surface area contributed by atoms with Gasteiger partial charge in [-0.15, -0.1) is 0 Å². The molecule has 0 aliphatic heterocycles. The summed E-state index contributed by atoms with van der Waals surface area (Å²) in [6.07, 6.45) is 4.18. The number of carbonyl (C=O) groups excluding carboxylic acids is 2. The van der Waals surface area contributed by atoms with Crippen LogP contribution in [0.1, 0.15) is 25.8 Å². The molecule has 2 rings (SSSR count). The maximum Gasteiger partial charge on any atom is 0.331 e. The molecule has 1 heterocycles. The SMILES string of the molecule is CCCOc1ccc(/C=C/C(=O)O[C@@H](C)C(=O)Nc2cccnc2Cl)cc1OC. The molecule has 1 aromatic heterocycles. The summed E-state index contributed by atoms with van der Waals surface area (Å²) < 4.78 is 16.0. The number of amides is 1. The molecule has 29 heavy (non-hydrogen) atoms. The van der Waals surface area contributed by atoms with Crippen molar-refractivity contribution in [1.29, 1.82) is 0 Å². The monoisotopic (exact) mass is 418 g/mol. The average molecular weight is 419 g/mol. The zero-order valence-corrected chi connectivity index (χ0v) is 17.2. The van der Waals surface area contributed by atoms with Gasteiger partial charge in [-0.05, 0) is 49.2 Å². The van der Waals surface area contributed by atoms with E-state index in [1.54, 1.807) is 43.5 Å². The molecule has 1 atom stereocenters. The van der Waals surface area contributed by atoms with Gasteiger partial charge in [-0.25, -0.2) is 9.78 Å². The van der Waals surface area contributed by atoms with E-state index in [0.717, 1.165) is 12.0 Å². The second kappa shape index (κ2) is 11.1. The van der Waals surface area contributed by atoms with Gasteiger partial charge in [-0.3, -0.25) is 4.79 Å². The normalized spacial score (nSPS) is 11.7. The molecule has 0 fully saturated rings. The quantitative estimate of drug-likeness (QED) is 0.374. The molecule has 1 amide bonds. The maximum atomic E-state index is 12.2. The smallest absolute Gasteiger partial charge is 0.331 e. The lowest BCUT2D eigenvalue weighted by Crippen LogP contribution is -2.29. The van der Waals surface area contributed by atoms with Crippen LogP contribution in [0.5, 0.6) is 11.5 Å². The summed E-state index contributed by atoms with van der Waals surface area (Å²) in [6.45, 7) is 4.07. The number of pyridine rings is 1.